The minimum Gasteiger partial charge on any atom is -0.376 e. The molecule has 0 saturated carbocycles. The third-order valence-electron chi connectivity index (χ3n) is 0.512. The summed E-state index contributed by atoms with van der Waals surface area (Å²) in [5, 5.41) is 2.83. The molecule has 0 radical (unpaired) electrons. The Labute approximate surface area is 53.4 Å². The van der Waals surface area contributed by atoms with Gasteiger partial charge in [0.15, 0.2) is 5.11 Å². The van der Waals surface area contributed by atoms with Gasteiger partial charge < -0.3 is 22.5 Å². The van der Waals surface area contributed by atoms with E-state index in [9.17, 15) is 0 Å². The van der Waals surface area contributed by atoms with Gasteiger partial charge in [-0.05, 0) is 12.2 Å². The molecule has 0 bridgehead atoms. The molecule has 0 fully saturated rings. The van der Waals surface area contributed by atoms with Crippen LogP contribution in [-0.4, -0.2) is 17.8 Å². The Kier molecular flexibility index (Phi) is 3.42. The standard InChI is InChI=1S/C3H10N4S/c4-2(5)1-7-3(6)8/h2H,1,4-5H2,(H3,6,7,8). The third-order valence-corrected chi connectivity index (χ3v) is 0.656. The Morgan fingerprint density at radius 1 is 1.62 bits per heavy atom. The van der Waals surface area contributed by atoms with Crippen molar-refractivity contribution in [3.05, 3.63) is 0 Å². The fourth-order valence-corrected chi connectivity index (χ4v) is 0.302. The van der Waals surface area contributed by atoms with E-state index in [1.54, 1.807) is 0 Å². The molecule has 0 aliphatic heterocycles. The quantitative estimate of drug-likeness (QED) is 0.261. The van der Waals surface area contributed by atoms with Crippen LogP contribution in [0.1, 0.15) is 0 Å². The molecule has 0 spiro atoms. The average molecular weight is 134 g/mol. The molecule has 0 heterocycles. The zero-order valence-corrected chi connectivity index (χ0v) is 5.24. The van der Waals surface area contributed by atoms with Crippen LogP contribution in [-0.2, 0) is 0 Å². The predicted molar refractivity (Wildman–Crippen MR) is 37.0 cm³/mol. The number of nitrogens with two attached hydrogens (primary N) is 3. The number of hydrogen-bond donors (Lipinski definition) is 4. The summed E-state index contributed by atoms with van der Waals surface area (Å²) in [5.41, 5.74) is 15.3. The Bertz CT molecular complexity index is 81.4. The molecule has 0 aliphatic carbocycles. The molecule has 0 unspecified atom stereocenters. The van der Waals surface area contributed by atoms with E-state index in [0.717, 1.165) is 0 Å². The SMILES string of the molecule is NC(=S)NCC(N)N. The Hall–Kier alpha value is -0.390. The highest BCUT2D eigenvalue weighted by molar-refractivity contribution is 7.80. The van der Waals surface area contributed by atoms with Gasteiger partial charge >= 0.3 is 0 Å². The maximum atomic E-state index is 5.14. The first-order valence-corrected chi connectivity index (χ1v) is 2.58. The lowest BCUT2D eigenvalue weighted by Gasteiger charge is -2.05. The van der Waals surface area contributed by atoms with E-state index in [1.807, 2.05) is 0 Å². The van der Waals surface area contributed by atoms with Crippen LogP contribution in [0.25, 0.3) is 0 Å². The molecule has 0 rings (SSSR count). The summed E-state index contributed by atoms with van der Waals surface area (Å²) in [6.45, 7) is 0.426. The topological polar surface area (TPSA) is 90.1 Å². The molecule has 0 aliphatic rings. The fourth-order valence-electron chi connectivity index (χ4n) is 0.218. The molecule has 0 aromatic rings. The molecular formula is C3H10N4S. The first-order chi connectivity index (χ1) is 3.63. The molecule has 8 heavy (non-hydrogen) atoms. The predicted octanol–water partition coefficient (Wildman–Crippen LogP) is -1.94. The largest absolute Gasteiger partial charge is 0.376 e. The number of hydrogen-bond acceptors (Lipinski definition) is 3. The van der Waals surface area contributed by atoms with Crippen LogP contribution in [0.4, 0.5) is 0 Å². The highest BCUT2D eigenvalue weighted by Gasteiger charge is 1.90. The van der Waals surface area contributed by atoms with Gasteiger partial charge in [-0.25, -0.2) is 0 Å². The zero-order chi connectivity index (χ0) is 6.57. The highest BCUT2D eigenvalue weighted by Crippen LogP contribution is 1.59. The van der Waals surface area contributed by atoms with Crippen LogP contribution in [0.3, 0.4) is 0 Å². The molecule has 0 amide bonds. The summed E-state index contributed by atoms with van der Waals surface area (Å²) in [7, 11) is 0. The van der Waals surface area contributed by atoms with Gasteiger partial charge in [0.05, 0.1) is 6.17 Å². The second-order valence-corrected chi connectivity index (χ2v) is 1.85. The van der Waals surface area contributed by atoms with Crippen LogP contribution in [0.2, 0.25) is 0 Å². The van der Waals surface area contributed by atoms with Gasteiger partial charge in [-0.15, -0.1) is 0 Å². The van der Waals surface area contributed by atoms with E-state index in [-0.39, 0.29) is 5.11 Å². The van der Waals surface area contributed by atoms with Crippen molar-refractivity contribution in [3.8, 4) is 0 Å². The second-order valence-electron chi connectivity index (χ2n) is 1.41. The summed E-state index contributed by atoms with van der Waals surface area (Å²) in [4.78, 5) is 0. The van der Waals surface area contributed by atoms with E-state index < -0.39 is 6.17 Å². The lowest BCUT2D eigenvalue weighted by atomic mass is 10.5. The molecular weight excluding hydrogens is 124 g/mol. The van der Waals surface area contributed by atoms with Crippen LogP contribution in [0.15, 0.2) is 0 Å². The smallest absolute Gasteiger partial charge is 0.163 e. The molecule has 5 heteroatoms. The average Bonchev–Trinajstić information content (AvgIpc) is 1.61. The molecule has 0 aromatic heterocycles. The molecule has 0 aromatic carbocycles. The van der Waals surface area contributed by atoms with Crippen molar-refractivity contribution in [2.24, 2.45) is 17.2 Å². The Balaban J connectivity index is 3.05. The first-order valence-electron chi connectivity index (χ1n) is 2.17. The summed E-state index contributed by atoms with van der Waals surface area (Å²) in [5.74, 6) is 0. The Morgan fingerprint density at radius 2 is 2.12 bits per heavy atom. The van der Waals surface area contributed by atoms with Crippen molar-refractivity contribution in [1.82, 2.24) is 5.32 Å². The highest BCUT2D eigenvalue weighted by atomic mass is 32.1. The van der Waals surface area contributed by atoms with E-state index in [2.05, 4.69) is 17.5 Å². The monoisotopic (exact) mass is 134 g/mol. The number of nitrogens with one attached hydrogen (secondary N) is 1. The molecule has 7 N–H and O–H groups in total. The first kappa shape index (κ1) is 7.61. The van der Waals surface area contributed by atoms with Gasteiger partial charge in [-0.1, -0.05) is 0 Å². The molecule has 0 atom stereocenters. The van der Waals surface area contributed by atoms with Gasteiger partial charge in [-0.2, -0.15) is 0 Å². The minimum atomic E-state index is -0.392. The van der Waals surface area contributed by atoms with Gasteiger partial charge in [0.25, 0.3) is 0 Å². The fraction of sp³-hybridized carbons (Fsp3) is 0.667. The molecule has 0 saturated heterocycles. The van der Waals surface area contributed by atoms with Crippen molar-refractivity contribution in [2.45, 2.75) is 6.17 Å². The van der Waals surface area contributed by atoms with Gasteiger partial charge in [0.2, 0.25) is 0 Å². The maximum absolute atomic E-state index is 5.14. The Morgan fingerprint density at radius 3 is 2.25 bits per heavy atom. The van der Waals surface area contributed by atoms with E-state index in [0.29, 0.717) is 6.54 Å². The van der Waals surface area contributed by atoms with Gasteiger partial charge in [-0.3, -0.25) is 0 Å². The van der Waals surface area contributed by atoms with Crippen LogP contribution < -0.4 is 22.5 Å². The van der Waals surface area contributed by atoms with E-state index in [1.165, 1.54) is 0 Å². The minimum absolute atomic E-state index is 0.228. The maximum Gasteiger partial charge on any atom is 0.163 e. The van der Waals surface area contributed by atoms with Crippen molar-refractivity contribution in [1.29, 1.82) is 0 Å². The van der Waals surface area contributed by atoms with E-state index in [4.69, 9.17) is 17.2 Å². The normalized spacial score (nSPS) is 9.38. The summed E-state index contributed by atoms with van der Waals surface area (Å²) >= 11 is 4.47. The zero-order valence-electron chi connectivity index (χ0n) is 4.42. The van der Waals surface area contributed by atoms with Crippen molar-refractivity contribution < 1.29 is 0 Å². The van der Waals surface area contributed by atoms with Gasteiger partial charge in [0.1, 0.15) is 0 Å². The number of thiocarbonyl (C=S) groups is 1. The van der Waals surface area contributed by atoms with Crippen LogP contribution >= 0.6 is 12.2 Å². The summed E-state index contributed by atoms with van der Waals surface area (Å²) < 4.78 is 0. The number of rotatable bonds is 2. The van der Waals surface area contributed by atoms with E-state index >= 15 is 0 Å². The summed E-state index contributed by atoms with van der Waals surface area (Å²) in [6.07, 6.45) is -0.392. The molecule has 4 nitrogen and oxygen atoms in total. The van der Waals surface area contributed by atoms with Crippen molar-refractivity contribution in [3.63, 3.8) is 0 Å². The van der Waals surface area contributed by atoms with Crippen molar-refractivity contribution in [2.75, 3.05) is 6.54 Å². The lowest BCUT2D eigenvalue weighted by Crippen LogP contribution is -2.44. The van der Waals surface area contributed by atoms with Crippen LogP contribution in [0.5, 0.6) is 0 Å². The van der Waals surface area contributed by atoms with Crippen LogP contribution in [0, 0.1) is 0 Å². The second kappa shape index (κ2) is 3.59. The van der Waals surface area contributed by atoms with Crippen molar-refractivity contribution >= 4 is 17.3 Å². The lowest BCUT2D eigenvalue weighted by molar-refractivity contribution is 0.677. The summed E-state index contributed by atoms with van der Waals surface area (Å²) in [6, 6.07) is 0. The molecule has 48 valence electrons. The van der Waals surface area contributed by atoms with Gasteiger partial charge in [0, 0.05) is 6.54 Å². The third kappa shape index (κ3) is 5.61.